The molecule has 0 atom stereocenters. The molecular weight excluding hydrogens is 546 g/mol. The standard InChI is InChI=1S/C42H31N3/c1-42(2)37-19-10-9-18-35(37)36-25-24-34(27-38(36)42)33-17-11-16-32(26-33)28-20-22-31(23-21-28)41-43-39(29-12-5-3-6-13-29)40(44-45-41)30-14-7-4-8-15-30/h3-27H,1-2H3. The first-order chi connectivity index (χ1) is 22.1. The minimum Gasteiger partial charge on any atom is -0.224 e. The summed E-state index contributed by atoms with van der Waals surface area (Å²) in [7, 11) is 0. The minimum absolute atomic E-state index is 0.0218. The fourth-order valence-electron chi connectivity index (χ4n) is 6.61. The van der Waals surface area contributed by atoms with E-state index in [9.17, 15) is 0 Å². The zero-order chi connectivity index (χ0) is 30.4. The van der Waals surface area contributed by atoms with Gasteiger partial charge in [-0.05, 0) is 56.6 Å². The van der Waals surface area contributed by atoms with E-state index in [1.807, 2.05) is 48.5 Å². The minimum atomic E-state index is -0.0218. The van der Waals surface area contributed by atoms with E-state index in [0.717, 1.165) is 33.6 Å². The van der Waals surface area contributed by atoms with Crippen LogP contribution in [0.4, 0.5) is 0 Å². The van der Waals surface area contributed by atoms with E-state index >= 15 is 0 Å². The van der Waals surface area contributed by atoms with Gasteiger partial charge in [0.15, 0.2) is 5.82 Å². The van der Waals surface area contributed by atoms with Crippen molar-refractivity contribution in [3.8, 4) is 67.3 Å². The van der Waals surface area contributed by atoms with Crippen molar-refractivity contribution >= 4 is 0 Å². The molecule has 3 nitrogen and oxygen atoms in total. The van der Waals surface area contributed by atoms with Gasteiger partial charge in [-0.2, -0.15) is 0 Å². The Morgan fingerprint density at radius 3 is 1.64 bits per heavy atom. The SMILES string of the molecule is CC1(C)c2ccccc2-c2ccc(-c3cccc(-c4ccc(-c5nnc(-c6ccccc6)c(-c6ccccc6)n5)cc4)c3)cc21. The monoisotopic (exact) mass is 577 g/mol. The van der Waals surface area contributed by atoms with E-state index in [2.05, 4.69) is 127 Å². The highest BCUT2D eigenvalue weighted by Gasteiger charge is 2.35. The molecule has 0 N–H and O–H groups in total. The number of benzene rings is 6. The highest BCUT2D eigenvalue weighted by molar-refractivity contribution is 5.84. The van der Waals surface area contributed by atoms with Crippen LogP contribution in [0.3, 0.4) is 0 Å². The van der Waals surface area contributed by atoms with Gasteiger partial charge in [0.05, 0.1) is 0 Å². The molecule has 1 heterocycles. The van der Waals surface area contributed by atoms with E-state index in [4.69, 9.17) is 4.98 Å². The second kappa shape index (κ2) is 10.8. The molecule has 0 saturated carbocycles. The van der Waals surface area contributed by atoms with Crippen LogP contribution in [0.1, 0.15) is 25.0 Å². The molecule has 0 aliphatic heterocycles. The molecular formula is C42H31N3. The Kier molecular flexibility index (Phi) is 6.46. The molecule has 0 amide bonds. The van der Waals surface area contributed by atoms with Gasteiger partial charge in [0.25, 0.3) is 0 Å². The third-order valence-corrected chi connectivity index (χ3v) is 9.04. The molecule has 0 fully saturated rings. The van der Waals surface area contributed by atoms with Crippen LogP contribution in [0, 0.1) is 0 Å². The molecule has 45 heavy (non-hydrogen) atoms. The number of hydrogen-bond acceptors (Lipinski definition) is 3. The number of fused-ring (bicyclic) bond motifs is 3. The average Bonchev–Trinajstić information content (AvgIpc) is 3.34. The molecule has 214 valence electrons. The third kappa shape index (κ3) is 4.74. The summed E-state index contributed by atoms with van der Waals surface area (Å²) in [6.45, 7) is 4.66. The molecule has 0 radical (unpaired) electrons. The Bertz CT molecular complexity index is 2170. The predicted octanol–water partition coefficient (Wildman–Crippen LogP) is 10.5. The molecule has 0 unspecified atom stereocenters. The first-order valence-electron chi connectivity index (χ1n) is 15.4. The lowest BCUT2D eigenvalue weighted by molar-refractivity contribution is 0.660. The highest BCUT2D eigenvalue weighted by Crippen LogP contribution is 2.49. The molecule has 1 aromatic heterocycles. The summed E-state index contributed by atoms with van der Waals surface area (Å²) in [4.78, 5) is 5.03. The maximum absolute atomic E-state index is 5.03. The number of aromatic nitrogens is 3. The first kappa shape index (κ1) is 26.9. The normalized spacial score (nSPS) is 12.8. The van der Waals surface area contributed by atoms with Gasteiger partial charge >= 0.3 is 0 Å². The van der Waals surface area contributed by atoms with Crippen LogP contribution in [-0.4, -0.2) is 15.2 Å². The molecule has 0 spiro atoms. The topological polar surface area (TPSA) is 38.7 Å². The Morgan fingerprint density at radius 1 is 0.378 bits per heavy atom. The zero-order valence-electron chi connectivity index (χ0n) is 25.3. The van der Waals surface area contributed by atoms with Crippen LogP contribution in [0.25, 0.3) is 67.3 Å². The van der Waals surface area contributed by atoms with E-state index in [1.54, 1.807) is 0 Å². The third-order valence-electron chi connectivity index (χ3n) is 9.04. The second-order valence-electron chi connectivity index (χ2n) is 12.2. The van der Waals surface area contributed by atoms with Gasteiger partial charge in [0.1, 0.15) is 11.4 Å². The fraction of sp³-hybridized carbons (Fsp3) is 0.0714. The molecule has 0 bridgehead atoms. The molecule has 8 rings (SSSR count). The molecule has 3 heteroatoms. The lowest BCUT2D eigenvalue weighted by Gasteiger charge is -2.22. The van der Waals surface area contributed by atoms with Gasteiger partial charge in [-0.25, -0.2) is 4.98 Å². The van der Waals surface area contributed by atoms with Crippen LogP contribution < -0.4 is 0 Å². The lowest BCUT2D eigenvalue weighted by Crippen LogP contribution is -2.14. The van der Waals surface area contributed by atoms with Crippen molar-refractivity contribution in [3.05, 3.63) is 163 Å². The molecule has 0 saturated heterocycles. The number of rotatable bonds is 5. The first-order valence-corrected chi connectivity index (χ1v) is 15.4. The van der Waals surface area contributed by atoms with Gasteiger partial charge < -0.3 is 0 Å². The Balaban J connectivity index is 1.12. The maximum Gasteiger partial charge on any atom is 0.182 e. The summed E-state index contributed by atoms with van der Waals surface area (Å²) < 4.78 is 0. The fourth-order valence-corrected chi connectivity index (χ4v) is 6.61. The molecule has 1 aliphatic carbocycles. The zero-order valence-corrected chi connectivity index (χ0v) is 25.3. The van der Waals surface area contributed by atoms with Gasteiger partial charge in [0.2, 0.25) is 0 Å². The molecule has 1 aliphatic rings. The average molecular weight is 578 g/mol. The molecule has 6 aromatic carbocycles. The van der Waals surface area contributed by atoms with E-state index in [1.165, 1.54) is 38.9 Å². The van der Waals surface area contributed by atoms with Crippen molar-refractivity contribution in [2.45, 2.75) is 19.3 Å². The van der Waals surface area contributed by atoms with Crippen molar-refractivity contribution < 1.29 is 0 Å². The summed E-state index contributed by atoms with van der Waals surface area (Å²) in [6, 6.07) is 53.3. The van der Waals surface area contributed by atoms with Crippen LogP contribution in [0.5, 0.6) is 0 Å². The Labute approximate surface area is 263 Å². The molecule has 7 aromatic rings. The Morgan fingerprint density at radius 2 is 0.911 bits per heavy atom. The quantitative estimate of drug-likeness (QED) is 0.204. The lowest BCUT2D eigenvalue weighted by atomic mass is 9.81. The number of nitrogens with zero attached hydrogens (tertiary/aromatic N) is 3. The Hall–Kier alpha value is -5.67. The predicted molar refractivity (Wildman–Crippen MR) is 185 cm³/mol. The van der Waals surface area contributed by atoms with Gasteiger partial charge in [-0.1, -0.05) is 153 Å². The summed E-state index contributed by atoms with van der Waals surface area (Å²) in [5.41, 5.74) is 14.8. The number of hydrogen-bond donors (Lipinski definition) is 0. The van der Waals surface area contributed by atoms with Crippen molar-refractivity contribution in [2.75, 3.05) is 0 Å². The summed E-state index contributed by atoms with van der Waals surface area (Å²) in [6.07, 6.45) is 0. The largest absolute Gasteiger partial charge is 0.224 e. The van der Waals surface area contributed by atoms with Crippen molar-refractivity contribution in [3.63, 3.8) is 0 Å². The van der Waals surface area contributed by atoms with Crippen molar-refractivity contribution in [1.29, 1.82) is 0 Å². The van der Waals surface area contributed by atoms with Crippen LogP contribution in [-0.2, 0) is 5.41 Å². The van der Waals surface area contributed by atoms with E-state index in [0.29, 0.717) is 5.82 Å². The van der Waals surface area contributed by atoms with Crippen molar-refractivity contribution in [1.82, 2.24) is 15.2 Å². The van der Waals surface area contributed by atoms with E-state index in [-0.39, 0.29) is 5.41 Å². The van der Waals surface area contributed by atoms with Gasteiger partial charge in [-0.3, -0.25) is 0 Å². The van der Waals surface area contributed by atoms with Gasteiger partial charge in [0, 0.05) is 22.1 Å². The summed E-state index contributed by atoms with van der Waals surface area (Å²) >= 11 is 0. The highest BCUT2D eigenvalue weighted by atomic mass is 15.2. The van der Waals surface area contributed by atoms with Crippen molar-refractivity contribution in [2.24, 2.45) is 0 Å². The van der Waals surface area contributed by atoms with E-state index < -0.39 is 0 Å². The van der Waals surface area contributed by atoms with Crippen LogP contribution in [0.15, 0.2) is 152 Å². The van der Waals surface area contributed by atoms with Gasteiger partial charge in [-0.15, -0.1) is 10.2 Å². The second-order valence-corrected chi connectivity index (χ2v) is 12.2. The summed E-state index contributed by atoms with van der Waals surface area (Å²) in [5.74, 6) is 0.607. The van der Waals surface area contributed by atoms with Crippen LogP contribution >= 0.6 is 0 Å². The van der Waals surface area contributed by atoms with Crippen LogP contribution in [0.2, 0.25) is 0 Å². The summed E-state index contributed by atoms with van der Waals surface area (Å²) in [5, 5.41) is 9.22. The maximum atomic E-state index is 5.03. The smallest absolute Gasteiger partial charge is 0.182 e.